The molecule has 2 aromatic heterocycles. The van der Waals surface area contributed by atoms with Gasteiger partial charge in [-0.2, -0.15) is 5.10 Å². The van der Waals surface area contributed by atoms with Gasteiger partial charge in [0.2, 0.25) is 0 Å². The first-order valence-electron chi connectivity index (χ1n) is 6.92. The van der Waals surface area contributed by atoms with Gasteiger partial charge in [0, 0.05) is 23.4 Å². The number of nitrogens with zero attached hydrogens (tertiary/aromatic N) is 3. The van der Waals surface area contributed by atoms with Crippen molar-refractivity contribution in [1.82, 2.24) is 20.2 Å². The second-order valence-corrected chi connectivity index (χ2v) is 6.58. The Morgan fingerprint density at radius 3 is 2.68 bits per heavy atom. The van der Waals surface area contributed by atoms with E-state index in [0.29, 0.717) is 5.92 Å². The maximum Gasteiger partial charge on any atom is 0.177 e. The smallest absolute Gasteiger partial charge is 0.177 e. The summed E-state index contributed by atoms with van der Waals surface area (Å²) < 4.78 is 0. The van der Waals surface area contributed by atoms with Crippen LogP contribution in [0, 0.1) is 5.41 Å². The number of H-pyrrole nitrogens is 1. The van der Waals surface area contributed by atoms with Crippen molar-refractivity contribution in [2.75, 3.05) is 0 Å². The third kappa shape index (κ3) is 1.13. The van der Waals surface area contributed by atoms with E-state index in [4.69, 9.17) is 0 Å². The molecule has 0 aromatic carbocycles. The van der Waals surface area contributed by atoms with Crippen LogP contribution in [0.4, 0.5) is 0 Å². The number of aromatic amines is 1. The van der Waals surface area contributed by atoms with Gasteiger partial charge in [0.15, 0.2) is 5.82 Å². The topological polar surface area (TPSA) is 54.5 Å². The van der Waals surface area contributed by atoms with Crippen LogP contribution >= 0.6 is 0 Å². The first-order chi connectivity index (χ1) is 9.06. The summed E-state index contributed by atoms with van der Waals surface area (Å²) in [6.07, 6.45) is 6.05. The number of hydrogen-bond donors (Lipinski definition) is 1. The number of rotatable bonds is 1. The first kappa shape index (κ1) is 11.1. The minimum atomic E-state index is 0.191. The van der Waals surface area contributed by atoms with Gasteiger partial charge < -0.3 is 0 Å². The van der Waals surface area contributed by atoms with Crippen LogP contribution in [0.3, 0.4) is 0 Å². The number of aromatic nitrogens is 4. The van der Waals surface area contributed by atoms with Crippen LogP contribution in [-0.4, -0.2) is 20.2 Å². The number of hydrogen-bond acceptors (Lipinski definition) is 3. The molecule has 4 nitrogen and oxygen atoms in total. The van der Waals surface area contributed by atoms with Crippen LogP contribution in [0.2, 0.25) is 0 Å². The number of fused-ring (bicyclic) bond motifs is 5. The van der Waals surface area contributed by atoms with Gasteiger partial charge in [-0.05, 0) is 30.2 Å². The lowest BCUT2D eigenvalue weighted by molar-refractivity contribution is 0.225. The Morgan fingerprint density at radius 2 is 1.95 bits per heavy atom. The molecule has 2 unspecified atom stereocenters. The third-order valence-electron chi connectivity index (χ3n) is 5.69. The Labute approximate surface area is 112 Å². The third-order valence-corrected chi connectivity index (χ3v) is 5.69. The van der Waals surface area contributed by atoms with Crippen molar-refractivity contribution in [2.24, 2.45) is 5.41 Å². The first-order valence-corrected chi connectivity index (χ1v) is 6.92. The molecule has 2 aliphatic carbocycles. The zero-order valence-electron chi connectivity index (χ0n) is 11.6. The highest BCUT2D eigenvalue weighted by atomic mass is 15.2. The average molecular weight is 254 g/mol. The van der Waals surface area contributed by atoms with Gasteiger partial charge in [-0.3, -0.25) is 5.10 Å². The molecule has 2 atom stereocenters. The zero-order valence-corrected chi connectivity index (χ0v) is 11.6. The normalized spacial score (nSPS) is 30.6. The number of nitrogens with one attached hydrogen (secondary N) is 1. The molecule has 1 fully saturated rings. The Hall–Kier alpha value is -1.71. The summed E-state index contributed by atoms with van der Waals surface area (Å²) in [5, 5.41) is 7.80. The van der Waals surface area contributed by atoms with Gasteiger partial charge in [-0.15, -0.1) is 0 Å². The fourth-order valence-corrected chi connectivity index (χ4v) is 4.14. The molecule has 0 aliphatic heterocycles. The molecular weight excluding hydrogens is 236 g/mol. The van der Waals surface area contributed by atoms with Crippen molar-refractivity contribution in [2.45, 2.75) is 44.9 Å². The molecule has 2 heterocycles. The largest absolute Gasteiger partial charge is 0.274 e. The highest BCUT2D eigenvalue weighted by molar-refractivity contribution is 5.63. The summed E-state index contributed by atoms with van der Waals surface area (Å²) in [6, 6.07) is 1.84. The van der Waals surface area contributed by atoms with Crippen molar-refractivity contribution in [3.63, 3.8) is 0 Å². The second-order valence-electron chi connectivity index (χ2n) is 6.58. The Bertz CT molecular complexity index is 643. The molecule has 2 aromatic rings. The van der Waals surface area contributed by atoms with E-state index in [1.165, 1.54) is 24.1 Å². The lowest BCUT2D eigenvalue weighted by Gasteiger charge is -2.34. The summed E-state index contributed by atoms with van der Waals surface area (Å²) >= 11 is 0. The van der Waals surface area contributed by atoms with E-state index in [9.17, 15) is 0 Å². The fraction of sp³-hybridized carbons (Fsp3) is 0.533. The minimum Gasteiger partial charge on any atom is -0.274 e. The molecular formula is C15H18N4. The van der Waals surface area contributed by atoms with Crippen LogP contribution in [0.1, 0.15) is 50.8 Å². The maximum absolute atomic E-state index is 4.62. The standard InChI is InChI=1S/C15H18N4/c1-14(2)9-5-6-15(14,3)12-10(9)11(18-19-12)13-16-7-4-8-17-13/h4,7-9H,5-6H2,1-3H3,(H,18,19). The summed E-state index contributed by atoms with van der Waals surface area (Å²) in [5.41, 5.74) is 4.11. The molecule has 0 amide bonds. The van der Waals surface area contributed by atoms with E-state index in [1.54, 1.807) is 12.4 Å². The van der Waals surface area contributed by atoms with Gasteiger partial charge in [0.1, 0.15) is 5.69 Å². The van der Waals surface area contributed by atoms with E-state index < -0.39 is 0 Å². The molecule has 2 aliphatic rings. The van der Waals surface area contributed by atoms with E-state index in [-0.39, 0.29) is 10.8 Å². The van der Waals surface area contributed by atoms with Gasteiger partial charge in [0.05, 0.1) is 5.69 Å². The van der Waals surface area contributed by atoms with Crippen molar-refractivity contribution in [3.8, 4) is 11.5 Å². The van der Waals surface area contributed by atoms with Crippen molar-refractivity contribution >= 4 is 0 Å². The minimum absolute atomic E-state index is 0.191. The molecule has 0 radical (unpaired) electrons. The molecule has 2 bridgehead atoms. The van der Waals surface area contributed by atoms with Gasteiger partial charge in [0.25, 0.3) is 0 Å². The van der Waals surface area contributed by atoms with Crippen LogP contribution in [0.5, 0.6) is 0 Å². The summed E-state index contributed by atoms with van der Waals surface area (Å²) in [5.74, 6) is 1.34. The van der Waals surface area contributed by atoms with Crippen molar-refractivity contribution in [1.29, 1.82) is 0 Å². The molecule has 98 valence electrons. The summed E-state index contributed by atoms with van der Waals surface area (Å²) in [4.78, 5) is 8.74. The molecule has 19 heavy (non-hydrogen) atoms. The molecule has 1 N–H and O–H groups in total. The maximum atomic E-state index is 4.62. The Morgan fingerprint density at radius 1 is 1.21 bits per heavy atom. The van der Waals surface area contributed by atoms with E-state index in [1.807, 2.05) is 6.07 Å². The van der Waals surface area contributed by atoms with Crippen LogP contribution in [0.15, 0.2) is 18.5 Å². The average Bonchev–Trinajstić information content (AvgIpc) is 2.98. The zero-order chi connectivity index (χ0) is 13.3. The monoisotopic (exact) mass is 254 g/mol. The summed E-state index contributed by atoms with van der Waals surface area (Å²) in [7, 11) is 0. The predicted molar refractivity (Wildman–Crippen MR) is 72.7 cm³/mol. The second kappa shape index (κ2) is 3.24. The predicted octanol–water partition coefficient (Wildman–Crippen LogP) is 3.04. The highest BCUT2D eigenvalue weighted by Gasteiger charge is 2.62. The fourth-order valence-electron chi connectivity index (χ4n) is 4.14. The van der Waals surface area contributed by atoms with E-state index >= 15 is 0 Å². The SMILES string of the molecule is CC12CCC(c3c1n[nH]c3-c1ncccn1)C2(C)C. The Balaban J connectivity index is 1.95. The molecule has 4 heteroatoms. The summed E-state index contributed by atoms with van der Waals surface area (Å²) in [6.45, 7) is 7.11. The highest BCUT2D eigenvalue weighted by Crippen LogP contribution is 2.68. The Kier molecular flexibility index (Phi) is 1.90. The lowest BCUT2D eigenvalue weighted by Crippen LogP contribution is -2.32. The van der Waals surface area contributed by atoms with Crippen LogP contribution in [-0.2, 0) is 5.41 Å². The van der Waals surface area contributed by atoms with E-state index in [0.717, 1.165) is 11.5 Å². The van der Waals surface area contributed by atoms with Gasteiger partial charge >= 0.3 is 0 Å². The van der Waals surface area contributed by atoms with Gasteiger partial charge in [-0.1, -0.05) is 20.8 Å². The quantitative estimate of drug-likeness (QED) is 0.851. The van der Waals surface area contributed by atoms with E-state index in [2.05, 4.69) is 40.9 Å². The van der Waals surface area contributed by atoms with Gasteiger partial charge in [-0.25, -0.2) is 9.97 Å². The molecule has 4 rings (SSSR count). The molecule has 1 saturated carbocycles. The van der Waals surface area contributed by atoms with Crippen LogP contribution < -0.4 is 0 Å². The van der Waals surface area contributed by atoms with Crippen molar-refractivity contribution < 1.29 is 0 Å². The molecule has 0 spiro atoms. The van der Waals surface area contributed by atoms with Crippen molar-refractivity contribution in [3.05, 3.63) is 29.7 Å². The molecule has 0 saturated heterocycles. The lowest BCUT2D eigenvalue weighted by atomic mass is 9.70. The van der Waals surface area contributed by atoms with Crippen LogP contribution in [0.25, 0.3) is 11.5 Å².